The second-order valence-electron chi connectivity index (χ2n) is 4.65. The van der Waals surface area contributed by atoms with Crippen LogP contribution in [-0.2, 0) is 6.54 Å². The van der Waals surface area contributed by atoms with Gasteiger partial charge in [0.05, 0.1) is 0 Å². The Labute approximate surface area is 120 Å². The lowest BCUT2D eigenvalue weighted by atomic mass is 10.0. The van der Waals surface area contributed by atoms with Crippen LogP contribution in [0.2, 0.25) is 0 Å². The van der Waals surface area contributed by atoms with Crippen molar-refractivity contribution in [2.24, 2.45) is 5.73 Å². The van der Waals surface area contributed by atoms with Gasteiger partial charge in [-0.1, -0.05) is 30.3 Å². The summed E-state index contributed by atoms with van der Waals surface area (Å²) in [5.74, 6) is -1.01. The lowest BCUT2D eigenvalue weighted by molar-refractivity contribution is 0.465. The van der Waals surface area contributed by atoms with Crippen LogP contribution in [0, 0.1) is 11.6 Å². The molecule has 0 fully saturated rings. The van der Waals surface area contributed by atoms with Gasteiger partial charge in [0.15, 0.2) is 11.6 Å². The van der Waals surface area contributed by atoms with Crippen LogP contribution < -0.4 is 10.5 Å². The molecule has 0 bridgehead atoms. The fraction of sp³-hybridized carbons (Fsp3) is 0.0588. The Kier molecular flexibility index (Phi) is 3.54. The van der Waals surface area contributed by atoms with Crippen LogP contribution in [0.5, 0.6) is 11.5 Å². The van der Waals surface area contributed by atoms with Gasteiger partial charge in [-0.05, 0) is 29.1 Å². The number of hydrogen-bond acceptors (Lipinski definition) is 2. The van der Waals surface area contributed by atoms with Crippen molar-refractivity contribution >= 4 is 10.8 Å². The number of fused-ring (bicyclic) bond motifs is 1. The standard InChI is InChI=1S/C17H13F2NO/c18-15-7-6-12(9-16(15)19)21-17-8-5-11(10-20)13-3-1-2-4-14(13)17/h1-9H,10,20H2. The summed E-state index contributed by atoms with van der Waals surface area (Å²) in [5, 5.41) is 1.87. The molecule has 3 rings (SSSR count). The van der Waals surface area contributed by atoms with E-state index in [1.165, 1.54) is 6.07 Å². The molecule has 0 saturated carbocycles. The number of benzene rings is 3. The zero-order valence-corrected chi connectivity index (χ0v) is 11.1. The average Bonchev–Trinajstić information content (AvgIpc) is 2.51. The second kappa shape index (κ2) is 5.50. The van der Waals surface area contributed by atoms with Gasteiger partial charge in [-0.15, -0.1) is 0 Å². The van der Waals surface area contributed by atoms with E-state index in [1.54, 1.807) is 6.07 Å². The van der Waals surface area contributed by atoms with Crippen molar-refractivity contribution in [2.75, 3.05) is 0 Å². The third kappa shape index (κ3) is 2.58. The van der Waals surface area contributed by atoms with Crippen molar-refractivity contribution in [3.63, 3.8) is 0 Å². The van der Waals surface area contributed by atoms with E-state index in [9.17, 15) is 8.78 Å². The van der Waals surface area contributed by atoms with Gasteiger partial charge in [-0.3, -0.25) is 0 Å². The topological polar surface area (TPSA) is 35.2 Å². The molecule has 0 spiro atoms. The van der Waals surface area contributed by atoms with Crippen LogP contribution in [0.4, 0.5) is 8.78 Å². The molecular formula is C17H13F2NO. The molecule has 0 aliphatic carbocycles. The molecule has 0 aliphatic rings. The molecule has 0 aromatic heterocycles. The highest BCUT2D eigenvalue weighted by atomic mass is 19.2. The number of halogens is 2. The molecule has 2 N–H and O–H groups in total. The number of ether oxygens (including phenoxy) is 1. The first kappa shape index (κ1) is 13.5. The minimum absolute atomic E-state index is 0.250. The Hall–Kier alpha value is -2.46. The van der Waals surface area contributed by atoms with E-state index in [1.807, 2.05) is 30.3 Å². The Morgan fingerprint density at radius 3 is 2.33 bits per heavy atom. The van der Waals surface area contributed by atoms with Crippen LogP contribution in [0.15, 0.2) is 54.6 Å². The lowest BCUT2D eigenvalue weighted by Crippen LogP contribution is -1.98. The number of hydrogen-bond donors (Lipinski definition) is 1. The summed E-state index contributed by atoms with van der Waals surface area (Å²) < 4.78 is 31.9. The molecule has 4 heteroatoms. The highest BCUT2D eigenvalue weighted by molar-refractivity contribution is 5.91. The monoisotopic (exact) mass is 285 g/mol. The number of nitrogens with two attached hydrogens (primary N) is 1. The fourth-order valence-electron chi connectivity index (χ4n) is 2.27. The molecule has 3 aromatic rings. The first-order chi connectivity index (χ1) is 10.2. The molecule has 0 radical (unpaired) electrons. The third-order valence-electron chi connectivity index (χ3n) is 3.31. The van der Waals surface area contributed by atoms with Crippen LogP contribution in [0.1, 0.15) is 5.56 Å². The summed E-state index contributed by atoms with van der Waals surface area (Å²) in [5.41, 5.74) is 6.73. The Balaban J connectivity index is 2.06. The van der Waals surface area contributed by atoms with Crippen LogP contribution >= 0.6 is 0 Å². The highest BCUT2D eigenvalue weighted by Crippen LogP contribution is 2.32. The largest absolute Gasteiger partial charge is 0.457 e. The third-order valence-corrected chi connectivity index (χ3v) is 3.31. The molecular weight excluding hydrogens is 272 g/mol. The summed E-state index contributed by atoms with van der Waals surface area (Å²) in [6.07, 6.45) is 0. The minimum Gasteiger partial charge on any atom is -0.457 e. The molecule has 0 amide bonds. The Morgan fingerprint density at radius 1 is 0.857 bits per heavy atom. The van der Waals surface area contributed by atoms with Crippen molar-refractivity contribution in [1.29, 1.82) is 0 Å². The van der Waals surface area contributed by atoms with Gasteiger partial charge >= 0.3 is 0 Å². The Morgan fingerprint density at radius 2 is 1.62 bits per heavy atom. The van der Waals surface area contributed by atoms with Gasteiger partial charge in [0, 0.05) is 18.0 Å². The number of rotatable bonds is 3. The van der Waals surface area contributed by atoms with Crippen LogP contribution in [-0.4, -0.2) is 0 Å². The van der Waals surface area contributed by atoms with Gasteiger partial charge in [0.2, 0.25) is 0 Å². The summed E-state index contributed by atoms with van der Waals surface area (Å²) in [4.78, 5) is 0. The SMILES string of the molecule is NCc1ccc(Oc2ccc(F)c(F)c2)c2ccccc12. The molecule has 106 valence electrons. The summed E-state index contributed by atoms with van der Waals surface area (Å²) in [6.45, 7) is 0.423. The predicted molar refractivity (Wildman–Crippen MR) is 78.3 cm³/mol. The van der Waals surface area contributed by atoms with E-state index >= 15 is 0 Å². The minimum atomic E-state index is -0.935. The van der Waals surface area contributed by atoms with Crippen LogP contribution in [0.25, 0.3) is 10.8 Å². The van der Waals surface area contributed by atoms with Crippen molar-refractivity contribution in [2.45, 2.75) is 6.54 Å². The summed E-state index contributed by atoms with van der Waals surface area (Å²) in [7, 11) is 0. The van der Waals surface area contributed by atoms with Crippen molar-refractivity contribution in [3.8, 4) is 11.5 Å². The fourth-order valence-corrected chi connectivity index (χ4v) is 2.27. The molecule has 0 saturated heterocycles. The first-order valence-electron chi connectivity index (χ1n) is 6.52. The van der Waals surface area contributed by atoms with E-state index < -0.39 is 11.6 Å². The normalized spacial score (nSPS) is 10.8. The summed E-state index contributed by atoms with van der Waals surface area (Å²) in [6, 6.07) is 14.8. The zero-order chi connectivity index (χ0) is 14.8. The maximum absolute atomic E-state index is 13.2. The maximum Gasteiger partial charge on any atom is 0.162 e. The van der Waals surface area contributed by atoms with Gasteiger partial charge in [-0.2, -0.15) is 0 Å². The van der Waals surface area contributed by atoms with Gasteiger partial charge < -0.3 is 10.5 Å². The van der Waals surface area contributed by atoms with Gasteiger partial charge in [0.25, 0.3) is 0 Å². The van der Waals surface area contributed by atoms with Crippen LogP contribution in [0.3, 0.4) is 0 Å². The zero-order valence-electron chi connectivity index (χ0n) is 11.1. The Bertz CT molecular complexity index is 802. The first-order valence-corrected chi connectivity index (χ1v) is 6.52. The highest BCUT2D eigenvalue weighted by Gasteiger charge is 2.08. The van der Waals surface area contributed by atoms with Crippen molar-refractivity contribution < 1.29 is 13.5 Å². The molecule has 2 nitrogen and oxygen atoms in total. The molecule has 3 aromatic carbocycles. The quantitative estimate of drug-likeness (QED) is 0.775. The molecule has 0 heterocycles. The van der Waals surface area contributed by atoms with Gasteiger partial charge in [0.1, 0.15) is 11.5 Å². The van der Waals surface area contributed by atoms with E-state index in [0.717, 1.165) is 28.5 Å². The molecule has 21 heavy (non-hydrogen) atoms. The van der Waals surface area contributed by atoms with E-state index in [-0.39, 0.29) is 5.75 Å². The van der Waals surface area contributed by atoms with E-state index in [2.05, 4.69) is 0 Å². The maximum atomic E-state index is 13.2. The smallest absolute Gasteiger partial charge is 0.162 e. The van der Waals surface area contributed by atoms with Crippen molar-refractivity contribution in [1.82, 2.24) is 0 Å². The summed E-state index contributed by atoms with van der Waals surface area (Å²) >= 11 is 0. The second-order valence-corrected chi connectivity index (χ2v) is 4.65. The molecule has 0 atom stereocenters. The lowest BCUT2D eigenvalue weighted by Gasteiger charge is -2.11. The predicted octanol–water partition coefficient (Wildman–Crippen LogP) is 4.37. The van der Waals surface area contributed by atoms with E-state index in [4.69, 9.17) is 10.5 Å². The molecule has 0 aliphatic heterocycles. The average molecular weight is 285 g/mol. The van der Waals surface area contributed by atoms with Gasteiger partial charge in [-0.25, -0.2) is 8.78 Å². The van der Waals surface area contributed by atoms with E-state index in [0.29, 0.717) is 12.3 Å². The molecule has 0 unspecified atom stereocenters. The van der Waals surface area contributed by atoms with Crippen molar-refractivity contribution in [3.05, 3.63) is 71.8 Å².